The van der Waals surface area contributed by atoms with Gasteiger partial charge in [-0.05, 0) is 36.6 Å². The number of halogens is 4. The van der Waals surface area contributed by atoms with E-state index in [1.54, 1.807) is 24.3 Å². The van der Waals surface area contributed by atoms with E-state index in [1.807, 2.05) is 6.92 Å². The van der Waals surface area contributed by atoms with Crippen LogP contribution in [0.4, 0.5) is 10.2 Å². The smallest absolute Gasteiger partial charge is 0.264 e. The summed E-state index contributed by atoms with van der Waals surface area (Å²) in [5, 5.41) is 4.01. The second kappa shape index (κ2) is 8.30. The van der Waals surface area contributed by atoms with Crippen LogP contribution in [0.15, 0.2) is 53.8 Å². The van der Waals surface area contributed by atoms with E-state index in [0.29, 0.717) is 33.7 Å². The van der Waals surface area contributed by atoms with Crippen molar-refractivity contribution in [3.8, 4) is 5.69 Å². The Bertz CT molecular complexity index is 1600. The molecule has 166 valence electrons. The summed E-state index contributed by atoms with van der Waals surface area (Å²) in [4.78, 5) is 29.2. The van der Waals surface area contributed by atoms with Crippen LogP contribution in [-0.2, 0) is 0 Å². The largest absolute Gasteiger partial charge is 0.360 e. The molecule has 11 heteroatoms. The maximum atomic E-state index is 14.2. The average Bonchev–Trinajstić information content (AvgIpc) is 3.28. The van der Waals surface area contributed by atoms with Crippen LogP contribution in [0.1, 0.15) is 18.7 Å². The van der Waals surface area contributed by atoms with Crippen LogP contribution in [0.25, 0.3) is 27.6 Å². The number of pyridine rings is 1. The number of nitrogens with one attached hydrogen (secondary N) is 2. The summed E-state index contributed by atoms with van der Waals surface area (Å²) in [5.74, 6) is -0.190. The molecular weight excluding hydrogens is 490 g/mol. The van der Waals surface area contributed by atoms with Gasteiger partial charge in [0.05, 0.1) is 38.5 Å². The van der Waals surface area contributed by atoms with E-state index in [2.05, 4.69) is 25.3 Å². The van der Waals surface area contributed by atoms with Crippen LogP contribution in [0.5, 0.6) is 0 Å². The number of fused-ring (bicyclic) bond motifs is 2. The van der Waals surface area contributed by atoms with E-state index in [9.17, 15) is 9.18 Å². The second-order valence-electron chi connectivity index (χ2n) is 7.30. The van der Waals surface area contributed by atoms with Gasteiger partial charge in [0, 0.05) is 5.69 Å². The van der Waals surface area contributed by atoms with Gasteiger partial charge in [-0.1, -0.05) is 46.9 Å². The van der Waals surface area contributed by atoms with Crippen molar-refractivity contribution in [3.05, 3.63) is 86.0 Å². The third-order valence-electron chi connectivity index (χ3n) is 5.30. The first-order valence-electron chi connectivity index (χ1n) is 9.75. The highest BCUT2D eigenvalue weighted by Crippen LogP contribution is 2.33. The van der Waals surface area contributed by atoms with Crippen LogP contribution in [0.3, 0.4) is 0 Å². The van der Waals surface area contributed by atoms with E-state index in [0.717, 1.165) is 0 Å². The van der Waals surface area contributed by atoms with Crippen molar-refractivity contribution in [2.75, 3.05) is 5.32 Å². The molecular formula is C22H14Cl3FN6O. The number of nitrogens with zero attached hydrogens (tertiary/aromatic N) is 4. The van der Waals surface area contributed by atoms with Crippen molar-refractivity contribution in [2.24, 2.45) is 0 Å². The Morgan fingerprint density at radius 3 is 2.73 bits per heavy atom. The van der Waals surface area contributed by atoms with E-state index in [4.69, 9.17) is 34.8 Å². The van der Waals surface area contributed by atoms with E-state index < -0.39 is 17.4 Å². The Hall–Kier alpha value is -3.20. The lowest BCUT2D eigenvalue weighted by Gasteiger charge is -2.22. The Labute approximate surface area is 201 Å². The SMILES string of the molecule is CC(Nc1ncnc2nc[nH]c12)c1cc2ccc(F)c(Cl)c2c(=O)n1-c1cccc(Cl)c1Cl. The molecule has 0 spiro atoms. The molecule has 0 amide bonds. The van der Waals surface area contributed by atoms with Crippen LogP contribution in [0.2, 0.25) is 15.1 Å². The summed E-state index contributed by atoms with van der Waals surface area (Å²) in [6.07, 6.45) is 2.91. The normalized spacial score (nSPS) is 12.4. The Morgan fingerprint density at radius 1 is 1.09 bits per heavy atom. The van der Waals surface area contributed by atoms with Crippen molar-refractivity contribution >= 4 is 62.6 Å². The van der Waals surface area contributed by atoms with Crippen LogP contribution >= 0.6 is 34.8 Å². The number of anilines is 1. The van der Waals surface area contributed by atoms with Gasteiger partial charge in [0.2, 0.25) is 0 Å². The molecule has 0 aliphatic heterocycles. The first-order chi connectivity index (χ1) is 15.9. The number of rotatable bonds is 4. The highest BCUT2D eigenvalue weighted by Gasteiger charge is 2.22. The van der Waals surface area contributed by atoms with Crippen molar-refractivity contribution < 1.29 is 4.39 Å². The standard InChI is InChI=1S/C22H14Cl3FN6O/c1-10(31-21-19-20(28-8-27-19)29-9-30-21)15-7-11-5-6-13(26)18(25)16(11)22(33)32(15)14-4-2-3-12(23)17(14)24/h2-10H,1H3,(H2,27,28,29,30,31). The third kappa shape index (κ3) is 3.60. The van der Waals surface area contributed by atoms with E-state index >= 15 is 0 Å². The lowest BCUT2D eigenvalue weighted by atomic mass is 10.1. The Kier molecular flexibility index (Phi) is 5.44. The quantitative estimate of drug-likeness (QED) is 0.317. The number of benzene rings is 2. The lowest BCUT2D eigenvalue weighted by Crippen LogP contribution is -2.26. The molecule has 7 nitrogen and oxygen atoms in total. The molecule has 1 atom stereocenters. The molecule has 0 saturated carbocycles. The lowest BCUT2D eigenvalue weighted by molar-refractivity contribution is 0.629. The van der Waals surface area contributed by atoms with Crippen LogP contribution < -0.4 is 10.9 Å². The van der Waals surface area contributed by atoms with Crippen molar-refractivity contribution in [2.45, 2.75) is 13.0 Å². The van der Waals surface area contributed by atoms with Gasteiger partial charge in [-0.3, -0.25) is 9.36 Å². The fourth-order valence-electron chi connectivity index (χ4n) is 3.74. The minimum absolute atomic E-state index is 0.0432. The highest BCUT2D eigenvalue weighted by atomic mass is 35.5. The first kappa shape index (κ1) is 21.6. The third-order valence-corrected chi connectivity index (χ3v) is 6.48. The highest BCUT2D eigenvalue weighted by molar-refractivity contribution is 6.43. The fourth-order valence-corrected chi connectivity index (χ4v) is 4.37. The minimum atomic E-state index is -0.688. The molecule has 5 aromatic rings. The topological polar surface area (TPSA) is 88.5 Å². The number of aromatic nitrogens is 5. The molecule has 0 aliphatic carbocycles. The van der Waals surface area contributed by atoms with Gasteiger partial charge in [-0.2, -0.15) is 0 Å². The summed E-state index contributed by atoms with van der Waals surface area (Å²) in [6, 6.07) is 8.97. The predicted molar refractivity (Wildman–Crippen MR) is 128 cm³/mol. The van der Waals surface area contributed by atoms with E-state index in [-0.39, 0.29) is 20.5 Å². The molecule has 0 bridgehead atoms. The Morgan fingerprint density at radius 2 is 1.91 bits per heavy atom. The second-order valence-corrected chi connectivity index (χ2v) is 8.46. The molecule has 2 aromatic carbocycles. The Balaban J connectivity index is 1.77. The molecule has 0 fully saturated rings. The zero-order valence-electron chi connectivity index (χ0n) is 16.9. The molecule has 3 heterocycles. The van der Waals surface area contributed by atoms with Gasteiger partial charge in [0.25, 0.3) is 5.56 Å². The molecule has 2 N–H and O–H groups in total. The van der Waals surface area contributed by atoms with Crippen LogP contribution in [-0.4, -0.2) is 24.5 Å². The maximum absolute atomic E-state index is 14.2. The van der Waals surface area contributed by atoms with Crippen molar-refractivity contribution in [3.63, 3.8) is 0 Å². The molecule has 0 aliphatic rings. The summed E-state index contributed by atoms with van der Waals surface area (Å²) in [6.45, 7) is 1.85. The summed E-state index contributed by atoms with van der Waals surface area (Å²) < 4.78 is 15.6. The minimum Gasteiger partial charge on any atom is -0.360 e. The fraction of sp³-hybridized carbons (Fsp3) is 0.0909. The number of imidazole rings is 1. The average molecular weight is 504 g/mol. The number of H-pyrrole nitrogens is 1. The molecule has 33 heavy (non-hydrogen) atoms. The summed E-state index contributed by atoms with van der Waals surface area (Å²) >= 11 is 18.9. The van der Waals surface area contributed by atoms with Gasteiger partial charge >= 0.3 is 0 Å². The van der Waals surface area contributed by atoms with Gasteiger partial charge in [-0.25, -0.2) is 19.3 Å². The zero-order valence-corrected chi connectivity index (χ0v) is 19.2. The van der Waals surface area contributed by atoms with Gasteiger partial charge in [0.15, 0.2) is 11.5 Å². The van der Waals surface area contributed by atoms with Gasteiger partial charge in [-0.15, -0.1) is 0 Å². The number of hydrogen-bond donors (Lipinski definition) is 2. The maximum Gasteiger partial charge on any atom is 0.264 e. The summed E-state index contributed by atoms with van der Waals surface area (Å²) in [5.41, 5.74) is 1.46. The predicted octanol–water partition coefficient (Wildman–Crippen LogP) is 5.93. The van der Waals surface area contributed by atoms with Crippen molar-refractivity contribution in [1.82, 2.24) is 24.5 Å². The summed E-state index contributed by atoms with van der Waals surface area (Å²) in [7, 11) is 0. The van der Waals surface area contributed by atoms with Crippen LogP contribution in [0, 0.1) is 5.82 Å². The monoisotopic (exact) mass is 502 g/mol. The number of aromatic amines is 1. The molecule has 1 unspecified atom stereocenters. The first-order valence-corrected chi connectivity index (χ1v) is 10.9. The van der Waals surface area contributed by atoms with Gasteiger partial charge < -0.3 is 10.3 Å². The molecule has 0 saturated heterocycles. The molecule has 3 aromatic heterocycles. The van der Waals surface area contributed by atoms with E-state index in [1.165, 1.54) is 29.4 Å². The molecule has 5 rings (SSSR count). The molecule has 0 radical (unpaired) electrons. The number of hydrogen-bond acceptors (Lipinski definition) is 5. The zero-order chi connectivity index (χ0) is 23.3. The van der Waals surface area contributed by atoms with Crippen molar-refractivity contribution in [1.29, 1.82) is 0 Å². The van der Waals surface area contributed by atoms with Gasteiger partial charge in [0.1, 0.15) is 17.7 Å².